The van der Waals surface area contributed by atoms with E-state index in [1.54, 1.807) is 24.3 Å². The lowest BCUT2D eigenvalue weighted by molar-refractivity contribution is 0.0671. The van der Waals surface area contributed by atoms with E-state index in [0.717, 1.165) is 25.9 Å². The Morgan fingerprint density at radius 2 is 1.80 bits per heavy atom. The van der Waals surface area contributed by atoms with Crippen LogP contribution < -0.4 is 0 Å². The van der Waals surface area contributed by atoms with E-state index >= 15 is 0 Å². The van der Waals surface area contributed by atoms with E-state index in [2.05, 4.69) is 12.8 Å². The zero-order valence-electron chi connectivity index (χ0n) is 11.6. The zero-order valence-corrected chi connectivity index (χ0v) is 11.6. The van der Waals surface area contributed by atoms with Crippen molar-refractivity contribution in [3.63, 3.8) is 0 Å². The maximum absolute atomic E-state index is 12.2. The van der Waals surface area contributed by atoms with Gasteiger partial charge in [-0.15, -0.1) is 0 Å². The summed E-state index contributed by atoms with van der Waals surface area (Å²) in [5, 5.41) is 0. The van der Waals surface area contributed by atoms with Crippen molar-refractivity contribution in [2.45, 2.75) is 12.8 Å². The van der Waals surface area contributed by atoms with E-state index in [0.29, 0.717) is 17.7 Å². The number of carbonyl (C=O) groups is 2. The molecule has 0 saturated carbocycles. The second-order valence-corrected chi connectivity index (χ2v) is 5.47. The zero-order chi connectivity index (χ0) is 14.1. The lowest BCUT2D eigenvalue weighted by atomic mass is 10.0. The van der Waals surface area contributed by atoms with Gasteiger partial charge in [-0.2, -0.15) is 0 Å². The standard InChI is InChI=1S/C15H17BN2O2/c16-17-8-3-4-11(10-17)7-9-18-14(19)12-5-1-2-6-13(12)15(18)20/h1-2,5-7H,3-4,8-10,16H2/b11-7+. The summed E-state index contributed by atoms with van der Waals surface area (Å²) < 4.78 is 0. The first-order valence-electron chi connectivity index (χ1n) is 6.98. The summed E-state index contributed by atoms with van der Waals surface area (Å²) in [6, 6.07) is 7.03. The number of benzene rings is 1. The minimum absolute atomic E-state index is 0.174. The van der Waals surface area contributed by atoms with Gasteiger partial charge < -0.3 is 4.81 Å². The van der Waals surface area contributed by atoms with Crippen LogP contribution >= 0.6 is 0 Å². The van der Waals surface area contributed by atoms with Gasteiger partial charge in [0.2, 0.25) is 0 Å². The monoisotopic (exact) mass is 268 g/mol. The highest BCUT2D eigenvalue weighted by molar-refractivity contribution is 6.21. The smallest absolute Gasteiger partial charge is 0.261 e. The minimum Gasteiger partial charge on any atom is -0.345 e. The molecular formula is C15H17BN2O2. The van der Waals surface area contributed by atoms with Crippen molar-refractivity contribution in [2.75, 3.05) is 19.6 Å². The molecule has 2 amide bonds. The summed E-state index contributed by atoms with van der Waals surface area (Å²) in [6.45, 7) is 2.43. The highest BCUT2D eigenvalue weighted by atomic mass is 16.2. The topological polar surface area (TPSA) is 40.6 Å². The van der Waals surface area contributed by atoms with Gasteiger partial charge in [0, 0.05) is 13.1 Å². The molecule has 5 heteroatoms. The van der Waals surface area contributed by atoms with Crippen LogP contribution in [-0.4, -0.2) is 49.1 Å². The van der Waals surface area contributed by atoms with Crippen LogP contribution in [-0.2, 0) is 0 Å². The summed E-state index contributed by atoms with van der Waals surface area (Å²) >= 11 is 0. The van der Waals surface area contributed by atoms with Crippen LogP contribution in [0.3, 0.4) is 0 Å². The number of hydrogen-bond acceptors (Lipinski definition) is 3. The fraction of sp³-hybridized carbons (Fsp3) is 0.333. The number of imide groups is 1. The fourth-order valence-corrected chi connectivity index (χ4v) is 2.87. The molecule has 0 aromatic heterocycles. The Hall–Kier alpha value is -1.88. The van der Waals surface area contributed by atoms with Crippen molar-refractivity contribution in [1.29, 1.82) is 0 Å². The molecule has 0 bridgehead atoms. The molecule has 0 spiro atoms. The first-order valence-corrected chi connectivity index (χ1v) is 6.98. The third kappa shape index (κ3) is 2.29. The number of hydrogen-bond donors (Lipinski definition) is 0. The van der Waals surface area contributed by atoms with Crippen molar-refractivity contribution >= 4 is 19.8 Å². The van der Waals surface area contributed by atoms with Gasteiger partial charge in [-0.1, -0.05) is 23.8 Å². The number of fused-ring (bicyclic) bond motifs is 1. The Bertz CT molecular complexity index is 562. The molecule has 0 unspecified atom stereocenters. The first-order chi connectivity index (χ1) is 9.66. The fourth-order valence-electron chi connectivity index (χ4n) is 2.87. The molecule has 1 saturated heterocycles. The summed E-state index contributed by atoms with van der Waals surface area (Å²) in [4.78, 5) is 28.0. The van der Waals surface area contributed by atoms with Crippen LogP contribution in [0.25, 0.3) is 0 Å². The molecule has 1 aromatic carbocycles. The Balaban J connectivity index is 1.75. The third-order valence-electron chi connectivity index (χ3n) is 3.95. The largest absolute Gasteiger partial charge is 0.345 e. The number of nitrogens with zero attached hydrogens (tertiary/aromatic N) is 2. The van der Waals surface area contributed by atoms with E-state index in [-0.39, 0.29) is 11.8 Å². The predicted molar refractivity (Wildman–Crippen MR) is 79.2 cm³/mol. The third-order valence-corrected chi connectivity index (χ3v) is 3.95. The van der Waals surface area contributed by atoms with Gasteiger partial charge in [-0.3, -0.25) is 14.5 Å². The number of piperidine rings is 1. The van der Waals surface area contributed by atoms with Crippen molar-refractivity contribution in [3.05, 3.63) is 47.0 Å². The molecule has 20 heavy (non-hydrogen) atoms. The van der Waals surface area contributed by atoms with E-state index in [9.17, 15) is 9.59 Å². The lowest BCUT2D eigenvalue weighted by Crippen LogP contribution is -2.32. The highest BCUT2D eigenvalue weighted by Gasteiger charge is 2.34. The second-order valence-electron chi connectivity index (χ2n) is 5.47. The maximum Gasteiger partial charge on any atom is 0.261 e. The Labute approximate surface area is 119 Å². The van der Waals surface area contributed by atoms with Gasteiger partial charge in [0.15, 0.2) is 7.98 Å². The number of amides is 2. The molecule has 1 fully saturated rings. The quantitative estimate of drug-likeness (QED) is 0.453. The lowest BCUT2D eigenvalue weighted by Gasteiger charge is -2.25. The number of carbonyl (C=O) groups excluding carboxylic acids is 2. The molecule has 2 aliphatic rings. The summed E-state index contributed by atoms with van der Waals surface area (Å²) in [7, 11) is 2.09. The average molecular weight is 268 g/mol. The Morgan fingerprint density at radius 3 is 2.40 bits per heavy atom. The van der Waals surface area contributed by atoms with Crippen LogP contribution in [0.4, 0.5) is 0 Å². The van der Waals surface area contributed by atoms with Crippen molar-refractivity contribution in [3.8, 4) is 0 Å². The molecule has 2 heterocycles. The highest BCUT2D eigenvalue weighted by Crippen LogP contribution is 2.23. The van der Waals surface area contributed by atoms with E-state index in [4.69, 9.17) is 0 Å². The van der Waals surface area contributed by atoms with Gasteiger partial charge in [-0.25, -0.2) is 0 Å². The van der Waals surface area contributed by atoms with Crippen LogP contribution in [0, 0.1) is 0 Å². The molecule has 1 aromatic rings. The summed E-state index contributed by atoms with van der Waals surface area (Å²) in [5.41, 5.74) is 2.36. The number of rotatable bonds is 2. The predicted octanol–water partition coefficient (Wildman–Crippen LogP) is 0.853. The SMILES string of the molecule is BN1CCC/C(=C\CN2C(=O)c3ccccc3C2=O)C1. The summed E-state index contributed by atoms with van der Waals surface area (Å²) in [5.74, 6) is -0.349. The second kappa shape index (κ2) is 5.25. The molecule has 102 valence electrons. The van der Waals surface area contributed by atoms with Gasteiger partial charge in [0.25, 0.3) is 11.8 Å². The minimum atomic E-state index is -0.174. The first kappa shape index (κ1) is 13.1. The van der Waals surface area contributed by atoms with Crippen molar-refractivity contribution < 1.29 is 9.59 Å². The van der Waals surface area contributed by atoms with Crippen LogP contribution in [0.5, 0.6) is 0 Å². The molecule has 2 aliphatic heterocycles. The maximum atomic E-state index is 12.2. The molecule has 0 radical (unpaired) electrons. The van der Waals surface area contributed by atoms with Gasteiger partial charge in [0.1, 0.15) is 0 Å². The van der Waals surface area contributed by atoms with Gasteiger partial charge in [-0.05, 0) is 31.5 Å². The van der Waals surface area contributed by atoms with E-state index in [1.165, 1.54) is 10.5 Å². The molecule has 3 rings (SSSR count). The normalized spacial score (nSPS) is 21.6. The van der Waals surface area contributed by atoms with Crippen molar-refractivity contribution in [2.24, 2.45) is 0 Å². The molecule has 0 atom stereocenters. The molecular weight excluding hydrogens is 251 g/mol. The van der Waals surface area contributed by atoms with E-state index < -0.39 is 0 Å². The molecule has 0 N–H and O–H groups in total. The van der Waals surface area contributed by atoms with Crippen molar-refractivity contribution in [1.82, 2.24) is 9.71 Å². The van der Waals surface area contributed by atoms with Gasteiger partial charge >= 0.3 is 0 Å². The van der Waals surface area contributed by atoms with Crippen LogP contribution in [0.1, 0.15) is 33.6 Å². The molecule has 0 aliphatic carbocycles. The van der Waals surface area contributed by atoms with Crippen LogP contribution in [0.15, 0.2) is 35.9 Å². The van der Waals surface area contributed by atoms with Crippen LogP contribution in [0.2, 0.25) is 0 Å². The Kier molecular flexibility index (Phi) is 3.44. The average Bonchev–Trinajstić information content (AvgIpc) is 2.70. The summed E-state index contributed by atoms with van der Waals surface area (Å²) in [6.07, 6.45) is 4.25. The van der Waals surface area contributed by atoms with E-state index in [1.807, 2.05) is 6.08 Å². The van der Waals surface area contributed by atoms with Gasteiger partial charge in [0.05, 0.1) is 11.1 Å². The molecule has 4 nitrogen and oxygen atoms in total. The Morgan fingerprint density at radius 1 is 1.15 bits per heavy atom.